The third kappa shape index (κ3) is 2.58. The maximum atomic E-state index is 13.7. The van der Waals surface area contributed by atoms with E-state index in [-0.39, 0.29) is 23.0 Å². The zero-order valence-electron chi connectivity index (χ0n) is 10.3. The van der Waals surface area contributed by atoms with Crippen LogP contribution in [0.15, 0.2) is 22.7 Å². The number of aromatic nitrogens is 2. The molecule has 102 valence electrons. The van der Waals surface area contributed by atoms with Crippen LogP contribution in [0.3, 0.4) is 0 Å². The number of nitrogens with two attached hydrogens (primary N) is 1. The lowest BCUT2D eigenvalue weighted by Crippen LogP contribution is -2.09. The van der Waals surface area contributed by atoms with Crippen molar-refractivity contribution in [1.82, 2.24) is 10.1 Å². The van der Waals surface area contributed by atoms with Crippen LogP contribution in [0.5, 0.6) is 0 Å². The van der Waals surface area contributed by atoms with E-state index in [1.165, 1.54) is 25.1 Å². The number of nitrogen functional groups attached to an aromatic ring is 1. The number of anilines is 1. The minimum absolute atomic E-state index is 0.0260. The van der Waals surface area contributed by atoms with Crippen molar-refractivity contribution in [2.75, 3.05) is 12.0 Å². The molecular formula is C11H12FN3O3S. The number of nitrogens with zero attached hydrogens (tertiary/aromatic N) is 2. The molecule has 0 aliphatic heterocycles. The van der Waals surface area contributed by atoms with E-state index in [2.05, 4.69) is 10.1 Å². The highest BCUT2D eigenvalue weighted by Gasteiger charge is 2.25. The quantitative estimate of drug-likeness (QED) is 0.859. The Morgan fingerprint density at radius 1 is 1.42 bits per heavy atom. The van der Waals surface area contributed by atoms with Gasteiger partial charge in [0, 0.05) is 11.9 Å². The number of benzene rings is 1. The first-order valence-electron chi connectivity index (χ1n) is 5.37. The Hall–Kier alpha value is -1.96. The van der Waals surface area contributed by atoms with Gasteiger partial charge < -0.3 is 10.3 Å². The topological polar surface area (TPSA) is 99.1 Å². The van der Waals surface area contributed by atoms with Gasteiger partial charge in [-0.25, -0.2) is 12.8 Å². The predicted molar refractivity (Wildman–Crippen MR) is 67.4 cm³/mol. The number of halogens is 1. The summed E-state index contributed by atoms with van der Waals surface area (Å²) in [6.45, 7) is 1.43. The molecule has 1 unspecified atom stereocenters. The van der Waals surface area contributed by atoms with Gasteiger partial charge in [-0.2, -0.15) is 4.98 Å². The Balaban J connectivity index is 2.48. The molecule has 0 bridgehead atoms. The first kappa shape index (κ1) is 13.5. The van der Waals surface area contributed by atoms with Crippen molar-refractivity contribution >= 4 is 15.5 Å². The molecule has 19 heavy (non-hydrogen) atoms. The Bertz CT molecular complexity index is 691. The third-order valence-electron chi connectivity index (χ3n) is 2.71. The Labute approximate surface area is 109 Å². The molecule has 0 saturated carbocycles. The smallest absolute Gasteiger partial charge is 0.263 e. The first-order chi connectivity index (χ1) is 8.80. The molecule has 2 aromatic rings. The zero-order valence-corrected chi connectivity index (χ0v) is 11.1. The summed E-state index contributed by atoms with van der Waals surface area (Å²) in [5, 5.41) is 2.62. The molecule has 1 aromatic heterocycles. The molecule has 0 amide bonds. The average molecular weight is 285 g/mol. The van der Waals surface area contributed by atoms with E-state index in [0.29, 0.717) is 0 Å². The summed E-state index contributed by atoms with van der Waals surface area (Å²) < 4.78 is 41.3. The van der Waals surface area contributed by atoms with Crippen LogP contribution >= 0.6 is 0 Å². The fourth-order valence-corrected chi connectivity index (χ4v) is 1.94. The molecule has 0 aliphatic rings. The molecule has 0 spiro atoms. The van der Waals surface area contributed by atoms with Gasteiger partial charge in [0.25, 0.3) is 5.89 Å². The largest absolute Gasteiger partial charge is 0.398 e. The Morgan fingerprint density at radius 3 is 2.68 bits per heavy atom. The fraction of sp³-hybridized carbons (Fsp3) is 0.273. The maximum Gasteiger partial charge on any atom is 0.263 e. The van der Waals surface area contributed by atoms with Crippen molar-refractivity contribution in [2.45, 2.75) is 12.2 Å². The summed E-state index contributed by atoms with van der Waals surface area (Å²) >= 11 is 0. The van der Waals surface area contributed by atoms with Gasteiger partial charge in [0.15, 0.2) is 15.7 Å². The van der Waals surface area contributed by atoms with Crippen LogP contribution in [0.2, 0.25) is 0 Å². The Kier molecular flexibility index (Phi) is 3.27. The average Bonchev–Trinajstić information content (AvgIpc) is 2.75. The summed E-state index contributed by atoms with van der Waals surface area (Å²) in [5.41, 5.74) is 5.75. The van der Waals surface area contributed by atoms with E-state index >= 15 is 0 Å². The van der Waals surface area contributed by atoms with E-state index < -0.39 is 20.9 Å². The SMILES string of the molecule is CC(c1noc(-c2c(N)cccc2F)n1)S(C)(=O)=O. The van der Waals surface area contributed by atoms with E-state index in [0.717, 1.165) is 6.26 Å². The highest BCUT2D eigenvalue weighted by Crippen LogP contribution is 2.29. The van der Waals surface area contributed by atoms with E-state index in [1.54, 1.807) is 0 Å². The lowest BCUT2D eigenvalue weighted by atomic mass is 10.1. The summed E-state index contributed by atoms with van der Waals surface area (Å²) in [4.78, 5) is 3.89. The van der Waals surface area contributed by atoms with Crippen molar-refractivity contribution < 1.29 is 17.3 Å². The van der Waals surface area contributed by atoms with Gasteiger partial charge in [-0.05, 0) is 19.1 Å². The standard InChI is InChI=1S/C11H12FN3O3S/c1-6(19(2,16)17)10-14-11(18-15-10)9-7(12)4-3-5-8(9)13/h3-6H,13H2,1-2H3. The van der Waals surface area contributed by atoms with Crippen LogP contribution in [-0.4, -0.2) is 24.8 Å². The highest BCUT2D eigenvalue weighted by molar-refractivity contribution is 7.90. The molecule has 8 heteroatoms. The second kappa shape index (κ2) is 4.61. The van der Waals surface area contributed by atoms with Crippen molar-refractivity contribution in [1.29, 1.82) is 0 Å². The van der Waals surface area contributed by atoms with Crippen LogP contribution in [0.4, 0.5) is 10.1 Å². The van der Waals surface area contributed by atoms with Crippen LogP contribution < -0.4 is 5.73 Å². The molecule has 1 atom stereocenters. The van der Waals surface area contributed by atoms with Crippen molar-refractivity contribution in [2.24, 2.45) is 0 Å². The van der Waals surface area contributed by atoms with Crippen LogP contribution in [0, 0.1) is 5.82 Å². The van der Waals surface area contributed by atoms with E-state index in [1.807, 2.05) is 0 Å². The molecule has 2 rings (SSSR count). The summed E-state index contributed by atoms with van der Waals surface area (Å²) in [7, 11) is -3.35. The lowest BCUT2D eigenvalue weighted by Gasteiger charge is -2.02. The second-order valence-corrected chi connectivity index (χ2v) is 6.50. The third-order valence-corrected chi connectivity index (χ3v) is 4.20. The number of rotatable bonds is 3. The highest BCUT2D eigenvalue weighted by atomic mass is 32.2. The zero-order chi connectivity index (χ0) is 14.2. The van der Waals surface area contributed by atoms with Crippen molar-refractivity contribution in [3.8, 4) is 11.5 Å². The molecule has 1 aromatic carbocycles. The van der Waals surface area contributed by atoms with Crippen LogP contribution in [0.25, 0.3) is 11.5 Å². The lowest BCUT2D eigenvalue weighted by molar-refractivity contribution is 0.419. The van der Waals surface area contributed by atoms with Crippen LogP contribution in [-0.2, 0) is 9.84 Å². The van der Waals surface area contributed by atoms with E-state index in [4.69, 9.17) is 10.3 Å². The molecule has 1 heterocycles. The number of hydrogen-bond acceptors (Lipinski definition) is 6. The molecule has 0 aliphatic carbocycles. The minimum atomic E-state index is -3.35. The molecule has 0 radical (unpaired) electrons. The van der Waals surface area contributed by atoms with Crippen LogP contribution in [0.1, 0.15) is 18.0 Å². The van der Waals surface area contributed by atoms with Gasteiger partial charge in [-0.3, -0.25) is 0 Å². The molecular weight excluding hydrogens is 273 g/mol. The van der Waals surface area contributed by atoms with Gasteiger partial charge in [-0.15, -0.1) is 0 Å². The summed E-state index contributed by atoms with van der Waals surface area (Å²) in [6, 6.07) is 4.14. The van der Waals surface area contributed by atoms with Crippen molar-refractivity contribution in [3.63, 3.8) is 0 Å². The molecule has 0 saturated heterocycles. The van der Waals surface area contributed by atoms with Gasteiger partial charge >= 0.3 is 0 Å². The van der Waals surface area contributed by atoms with Gasteiger partial charge in [0.1, 0.15) is 11.1 Å². The summed E-state index contributed by atoms with van der Waals surface area (Å²) in [5.74, 6) is -0.775. The number of hydrogen-bond donors (Lipinski definition) is 1. The molecule has 2 N–H and O–H groups in total. The predicted octanol–water partition coefficient (Wildman–Crippen LogP) is 1.56. The van der Waals surface area contributed by atoms with Gasteiger partial charge in [0.05, 0.1) is 5.56 Å². The molecule has 0 fully saturated rings. The maximum absolute atomic E-state index is 13.7. The normalized spacial score (nSPS) is 13.4. The fourth-order valence-electron chi connectivity index (χ4n) is 1.46. The monoisotopic (exact) mass is 285 g/mol. The minimum Gasteiger partial charge on any atom is -0.398 e. The van der Waals surface area contributed by atoms with E-state index in [9.17, 15) is 12.8 Å². The van der Waals surface area contributed by atoms with Crippen molar-refractivity contribution in [3.05, 3.63) is 29.8 Å². The summed E-state index contributed by atoms with van der Waals surface area (Å²) in [6.07, 6.45) is 1.06. The molecule has 6 nitrogen and oxygen atoms in total. The second-order valence-electron chi connectivity index (χ2n) is 4.13. The van der Waals surface area contributed by atoms with Gasteiger partial charge in [-0.1, -0.05) is 11.2 Å². The Morgan fingerprint density at radius 2 is 2.11 bits per heavy atom. The first-order valence-corrected chi connectivity index (χ1v) is 7.33. The number of sulfone groups is 1. The van der Waals surface area contributed by atoms with Gasteiger partial charge in [0.2, 0.25) is 0 Å².